The average molecular weight is 249 g/mol. The topological polar surface area (TPSA) is 29.5 Å². The van der Waals surface area contributed by atoms with Crippen LogP contribution in [-0.4, -0.2) is 31.4 Å². The summed E-state index contributed by atoms with van der Waals surface area (Å²) in [5, 5.41) is 0. The van der Waals surface area contributed by atoms with E-state index in [4.69, 9.17) is 4.74 Å². The molecule has 0 N–H and O–H groups in total. The molecule has 1 aromatic carbocycles. The van der Waals surface area contributed by atoms with Crippen molar-refractivity contribution in [2.24, 2.45) is 0 Å². The highest BCUT2D eigenvalue weighted by Crippen LogP contribution is 2.14. The van der Waals surface area contributed by atoms with Gasteiger partial charge in [0.25, 0.3) is 0 Å². The van der Waals surface area contributed by atoms with Crippen LogP contribution in [0.25, 0.3) is 0 Å². The highest BCUT2D eigenvalue weighted by molar-refractivity contribution is 5.77. The number of hydrogen-bond donors (Lipinski definition) is 0. The van der Waals surface area contributed by atoms with Gasteiger partial charge in [0.05, 0.1) is 7.11 Å². The van der Waals surface area contributed by atoms with Gasteiger partial charge in [0.15, 0.2) is 0 Å². The van der Waals surface area contributed by atoms with Crippen LogP contribution in [0.3, 0.4) is 0 Å². The molecule has 3 heteroatoms. The summed E-state index contributed by atoms with van der Waals surface area (Å²) in [7, 11) is 3.76. The zero-order valence-corrected chi connectivity index (χ0v) is 11.6. The molecule has 18 heavy (non-hydrogen) atoms. The summed E-state index contributed by atoms with van der Waals surface area (Å²) in [6.07, 6.45) is 2.28. The highest BCUT2D eigenvalue weighted by atomic mass is 16.5. The smallest absolute Gasteiger partial charge is 0.132 e. The SMILES string of the molecule is CCC(=O)CCCN(C)Cc1cccc(OC)c1. The third-order valence-corrected chi connectivity index (χ3v) is 2.98. The van der Waals surface area contributed by atoms with Crippen molar-refractivity contribution in [3.63, 3.8) is 0 Å². The molecule has 0 amide bonds. The Hall–Kier alpha value is -1.35. The second kappa shape index (κ2) is 7.88. The Kier molecular flexibility index (Phi) is 6.44. The van der Waals surface area contributed by atoms with Crippen molar-refractivity contribution in [2.45, 2.75) is 32.7 Å². The molecule has 0 atom stereocenters. The molecule has 0 aliphatic carbocycles. The van der Waals surface area contributed by atoms with Gasteiger partial charge >= 0.3 is 0 Å². The lowest BCUT2D eigenvalue weighted by Crippen LogP contribution is -2.19. The Bertz CT molecular complexity index is 377. The van der Waals surface area contributed by atoms with Crippen molar-refractivity contribution in [2.75, 3.05) is 20.7 Å². The number of Topliss-reactive ketones (excluding diaryl/α,β-unsaturated/α-hetero) is 1. The standard InChI is InChI=1S/C15H23NO2/c1-4-14(17)8-6-10-16(2)12-13-7-5-9-15(11-13)18-3/h5,7,9,11H,4,6,8,10,12H2,1-3H3. The van der Waals surface area contributed by atoms with E-state index in [-0.39, 0.29) is 0 Å². The predicted octanol–water partition coefficient (Wildman–Crippen LogP) is 2.89. The minimum absolute atomic E-state index is 0.352. The molecule has 0 unspecified atom stereocenters. The van der Waals surface area contributed by atoms with Crippen molar-refractivity contribution >= 4 is 5.78 Å². The van der Waals surface area contributed by atoms with Crippen LogP contribution in [0, 0.1) is 0 Å². The molecule has 0 radical (unpaired) electrons. The largest absolute Gasteiger partial charge is 0.497 e. The van der Waals surface area contributed by atoms with Gasteiger partial charge in [-0.1, -0.05) is 19.1 Å². The fourth-order valence-corrected chi connectivity index (χ4v) is 1.88. The van der Waals surface area contributed by atoms with Gasteiger partial charge < -0.3 is 9.64 Å². The Balaban J connectivity index is 2.34. The molecule has 0 aromatic heterocycles. The Morgan fingerprint density at radius 3 is 2.83 bits per heavy atom. The second-order valence-electron chi connectivity index (χ2n) is 4.59. The van der Waals surface area contributed by atoms with Crippen molar-refractivity contribution in [1.82, 2.24) is 4.90 Å². The van der Waals surface area contributed by atoms with Gasteiger partial charge in [0.1, 0.15) is 11.5 Å². The number of carbonyl (C=O) groups excluding carboxylic acids is 1. The summed E-state index contributed by atoms with van der Waals surface area (Å²) >= 11 is 0. The van der Waals surface area contributed by atoms with Gasteiger partial charge in [0, 0.05) is 19.4 Å². The van der Waals surface area contributed by atoms with Crippen LogP contribution >= 0.6 is 0 Å². The van der Waals surface area contributed by atoms with E-state index in [9.17, 15) is 4.79 Å². The number of ketones is 1. The predicted molar refractivity (Wildman–Crippen MR) is 73.9 cm³/mol. The van der Waals surface area contributed by atoms with Crippen LogP contribution in [-0.2, 0) is 11.3 Å². The molecular formula is C15H23NO2. The van der Waals surface area contributed by atoms with E-state index in [2.05, 4.69) is 18.0 Å². The van der Waals surface area contributed by atoms with Crippen LogP contribution in [0.4, 0.5) is 0 Å². The quantitative estimate of drug-likeness (QED) is 0.709. The van der Waals surface area contributed by atoms with Crippen molar-refractivity contribution in [1.29, 1.82) is 0 Å². The van der Waals surface area contributed by atoms with E-state index in [0.29, 0.717) is 18.6 Å². The van der Waals surface area contributed by atoms with Gasteiger partial charge in [-0.05, 0) is 37.7 Å². The zero-order valence-electron chi connectivity index (χ0n) is 11.6. The molecule has 0 heterocycles. The summed E-state index contributed by atoms with van der Waals surface area (Å²) in [5.74, 6) is 1.24. The number of ether oxygens (including phenoxy) is 1. The molecule has 0 aliphatic rings. The molecule has 0 spiro atoms. The molecule has 100 valence electrons. The summed E-state index contributed by atoms with van der Waals surface area (Å²) < 4.78 is 5.20. The molecule has 0 bridgehead atoms. The first-order valence-corrected chi connectivity index (χ1v) is 6.49. The van der Waals surface area contributed by atoms with Crippen molar-refractivity contribution in [3.8, 4) is 5.75 Å². The van der Waals surface area contributed by atoms with E-state index in [0.717, 1.165) is 25.3 Å². The van der Waals surface area contributed by atoms with Crippen molar-refractivity contribution in [3.05, 3.63) is 29.8 Å². The van der Waals surface area contributed by atoms with Gasteiger partial charge in [-0.15, -0.1) is 0 Å². The summed E-state index contributed by atoms with van der Waals surface area (Å²) in [6, 6.07) is 8.09. The zero-order chi connectivity index (χ0) is 13.4. The molecule has 1 rings (SSSR count). The molecular weight excluding hydrogens is 226 g/mol. The Morgan fingerprint density at radius 2 is 2.17 bits per heavy atom. The van der Waals surface area contributed by atoms with E-state index in [1.54, 1.807) is 7.11 Å². The maximum atomic E-state index is 11.2. The van der Waals surface area contributed by atoms with Crippen LogP contribution in [0.2, 0.25) is 0 Å². The third-order valence-electron chi connectivity index (χ3n) is 2.98. The van der Waals surface area contributed by atoms with Crippen LogP contribution in [0.15, 0.2) is 24.3 Å². The fraction of sp³-hybridized carbons (Fsp3) is 0.533. The van der Waals surface area contributed by atoms with Gasteiger partial charge in [0.2, 0.25) is 0 Å². The van der Waals surface area contributed by atoms with E-state index >= 15 is 0 Å². The molecule has 0 saturated carbocycles. The van der Waals surface area contributed by atoms with Crippen LogP contribution < -0.4 is 4.74 Å². The monoisotopic (exact) mass is 249 g/mol. The fourth-order valence-electron chi connectivity index (χ4n) is 1.88. The normalized spacial score (nSPS) is 10.7. The minimum atomic E-state index is 0.352. The summed E-state index contributed by atoms with van der Waals surface area (Å²) in [6.45, 7) is 3.75. The summed E-state index contributed by atoms with van der Waals surface area (Å²) in [5.41, 5.74) is 1.23. The number of benzene rings is 1. The number of hydrogen-bond acceptors (Lipinski definition) is 3. The first-order valence-electron chi connectivity index (χ1n) is 6.49. The Labute approximate surface area is 110 Å². The number of methoxy groups -OCH3 is 1. The maximum Gasteiger partial charge on any atom is 0.132 e. The lowest BCUT2D eigenvalue weighted by Gasteiger charge is -2.16. The molecule has 0 aliphatic heterocycles. The van der Waals surface area contributed by atoms with Crippen molar-refractivity contribution < 1.29 is 9.53 Å². The lowest BCUT2D eigenvalue weighted by molar-refractivity contribution is -0.118. The van der Waals surface area contributed by atoms with E-state index < -0.39 is 0 Å². The number of nitrogens with zero attached hydrogens (tertiary/aromatic N) is 1. The first kappa shape index (κ1) is 14.7. The van der Waals surface area contributed by atoms with Crippen LogP contribution in [0.5, 0.6) is 5.75 Å². The third kappa shape index (κ3) is 5.32. The summed E-state index contributed by atoms with van der Waals surface area (Å²) in [4.78, 5) is 13.4. The second-order valence-corrected chi connectivity index (χ2v) is 4.59. The highest BCUT2D eigenvalue weighted by Gasteiger charge is 2.03. The lowest BCUT2D eigenvalue weighted by atomic mass is 10.1. The first-order chi connectivity index (χ1) is 8.65. The van der Waals surface area contributed by atoms with Gasteiger partial charge in [-0.3, -0.25) is 4.79 Å². The molecule has 0 saturated heterocycles. The Morgan fingerprint density at radius 1 is 1.39 bits per heavy atom. The minimum Gasteiger partial charge on any atom is -0.497 e. The maximum absolute atomic E-state index is 11.2. The van der Waals surface area contributed by atoms with Crippen LogP contribution in [0.1, 0.15) is 31.7 Å². The molecule has 0 fully saturated rings. The number of carbonyl (C=O) groups is 1. The molecule has 3 nitrogen and oxygen atoms in total. The molecule has 1 aromatic rings. The van der Waals surface area contributed by atoms with Gasteiger partial charge in [-0.2, -0.15) is 0 Å². The van der Waals surface area contributed by atoms with Gasteiger partial charge in [-0.25, -0.2) is 0 Å². The van der Waals surface area contributed by atoms with E-state index in [1.165, 1.54) is 5.56 Å². The average Bonchev–Trinajstić information content (AvgIpc) is 2.38. The number of rotatable bonds is 8. The van der Waals surface area contributed by atoms with E-state index in [1.807, 2.05) is 25.1 Å².